The summed E-state index contributed by atoms with van der Waals surface area (Å²) in [5, 5.41) is 6.56. The van der Waals surface area contributed by atoms with Crippen molar-refractivity contribution in [3.8, 4) is 0 Å². The number of carbonyl (C=O) groups is 1. The highest BCUT2D eigenvalue weighted by Gasteiger charge is 2.38. The Morgan fingerprint density at radius 1 is 1.50 bits per heavy atom. The Kier molecular flexibility index (Phi) is 6.16. The molecule has 18 heavy (non-hydrogen) atoms. The predicted molar refractivity (Wildman–Crippen MR) is 77.0 cm³/mol. The van der Waals surface area contributed by atoms with Crippen LogP contribution in [0.1, 0.15) is 45.4 Å². The van der Waals surface area contributed by atoms with Gasteiger partial charge in [-0.25, -0.2) is 0 Å². The second-order valence-electron chi connectivity index (χ2n) is 5.54. The van der Waals surface area contributed by atoms with Gasteiger partial charge < -0.3 is 10.6 Å². The van der Waals surface area contributed by atoms with Gasteiger partial charge in [0, 0.05) is 12.1 Å². The molecule has 3 nitrogen and oxygen atoms in total. The molecule has 2 N–H and O–H groups in total. The smallest absolute Gasteiger partial charge is 0.237 e. The summed E-state index contributed by atoms with van der Waals surface area (Å²) in [6.45, 7) is 5.73. The molecule has 4 atom stereocenters. The third-order valence-electron chi connectivity index (χ3n) is 4.09. The van der Waals surface area contributed by atoms with Crippen molar-refractivity contribution >= 4 is 18.3 Å². The summed E-state index contributed by atoms with van der Waals surface area (Å²) in [5.74, 6) is 0.906. The average molecular weight is 273 g/mol. The predicted octanol–water partition coefficient (Wildman–Crippen LogP) is 2.41. The van der Waals surface area contributed by atoms with Crippen molar-refractivity contribution in [2.75, 3.05) is 0 Å². The molecule has 4 heteroatoms. The van der Waals surface area contributed by atoms with Crippen LogP contribution in [0.15, 0.2) is 12.7 Å². The second kappa shape index (κ2) is 7.15. The maximum atomic E-state index is 12.1. The van der Waals surface area contributed by atoms with Crippen LogP contribution in [0.4, 0.5) is 0 Å². The first kappa shape index (κ1) is 15.5. The third-order valence-corrected chi connectivity index (χ3v) is 4.09. The van der Waals surface area contributed by atoms with Crippen molar-refractivity contribution < 1.29 is 4.79 Å². The van der Waals surface area contributed by atoms with Gasteiger partial charge in [-0.2, -0.15) is 0 Å². The topological polar surface area (TPSA) is 41.1 Å². The number of nitrogens with one attached hydrogen (secondary N) is 2. The van der Waals surface area contributed by atoms with E-state index in [2.05, 4.69) is 17.2 Å². The number of amides is 1. The fourth-order valence-corrected chi connectivity index (χ4v) is 3.17. The molecule has 2 fully saturated rings. The quantitative estimate of drug-likeness (QED) is 0.772. The SMILES string of the molecule is C=CCC(C)NC(=O)C1CC2CCCCC2N1.Cl. The molecule has 0 aromatic rings. The van der Waals surface area contributed by atoms with Gasteiger partial charge in [0.05, 0.1) is 6.04 Å². The summed E-state index contributed by atoms with van der Waals surface area (Å²) >= 11 is 0. The van der Waals surface area contributed by atoms with Crippen molar-refractivity contribution in [1.82, 2.24) is 10.6 Å². The van der Waals surface area contributed by atoms with Gasteiger partial charge in [-0.3, -0.25) is 4.79 Å². The standard InChI is InChI=1S/C14H24N2O.ClH/c1-3-6-10(2)15-14(17)13-9-11-7-4-5-8-12(11)16-13;/h3,10-13,16H,1,4-9H2,2H3,(H,15,17);1H. The molecular formula is C14H25ClN2O. The Bertz CT molecular complexity index is 282. The molecule has 1 saturated heterocycles. The van der Waals surface area contributed by atoms with E-state index in [1.54, 1.807) is 0 Å². The molecule has 0 bridgehead atoms. The minimum Gasteiger partial charge on any atom is -0.352 e. The molecule has 1 saturated carbocycles. The Morgan fingerprint density at radius 2 is 2.22 bits per heavy atom. The van der Waals surface area contributed by atoms with Crippen LogP contribution in [0.2, 0.25) is 0 Å². The zero-order valence-corrected chi connectivity index (χ0v) is 12.0. The van der Waals surface area contributed by atoms with Crippen LogP contribution < -0.4 is 10.6 Å². The van der Waals surface area contributed by atoms with Gasteiger partial charge in [-0.1, -0.05) is 18.9 Å². The number of carbonyl (C=O) groups excluding carboxylic acids is 1. The van der Waals surface area contributed by atoms with E-state index >= 15 is 0 Å². The first-order chi connectivity index (χ1) is 8.20. The highest BCUT2D eigenvalue weighted by molar-refractivity contribution is 5.85. The monoisotopic (exact) mass is 272 g/mol. The lowest BCUT2D eigenvalue weighted by Crippen LogP contribution is -2.45. The maximum absolute atomic E-state index is 12.1. The molecule has 1 aliphatic carbocycles. The summed E-state index contributed by atoms with van der Waals surface area (Å²) in [7, 11) is 0. The van der Waals surface area contributed by atoms with Crippen molar-refractivity contribution in [1.29, 1.82) is 0 Å². The molecule has 1 amide bonds. The summed E-state index contributed by atoms with van der Waals surface area (Å²) in [6.07, 6.45) is 8.91. The number of rotatable bonds is 4. The average Bonchev–Trinajstić information content (AvgIpc) is 2.72. The highest BCUT2D eigenvalue weighted by atomic mass is 35.5. The molecule has 0 aromatic heterocycles. The zero-order valence-electron chi connectivity index (χ0n) is 11.2. The van der Waals surface area contributed by atoms with Gasteiger partial charge in [0.15, 0.2) is 0 Å². The van der Waals surface area contributed by atoms with Crippen LogP contribution in [0.3, 0.4) is 0 Å². The first-order valence-electron chi connectivity index (χ1n) is 6.88. The van der Waals surface area contributed by atoms with Crippen molar-refractivity contribution in [2.45, 2.75) is 63.6 Å². The molecule has 0 radical (unpaired) electrons. The van der Waals surface area contributed by atoms with E-state index in [1.807, 2.05) is 13.0 Å². The van der Waals surface area contributed by atoms with E-state index < -0.39 is 0 Å². The van der Waals surface area contributed by atoms with Gasteiger partial charge in [0.25, 0.3) is 0 Å². The van der Waals surface area contributed by atoms with E-state index in [-0.39, 0.29) is 30.4 Å². The molecule has 1 aliphatic heterocycles. The summed E-state index contributed by atoms with van der Waals surface area (Å²) < 4.78 is 0. The van der Waals surface area contributed by atoms with Crippen LogP contribution in [-0.4, -0.2) is 24.0 Å². The van der Waals surface area contributed by atoms with Crippen LogP contribution in [0.25, 0.3) is 0 Å². The zero-order chi connectivity index (χ0) is 12.3. The molecule has 1 heterocycles. The minimum absolute atomic E-state index is 0. The van der Waals surface area contributed by atoms with Gasteiger partial charge in [-0.05, 0) is 38.5 Å². The number of hydrogen-bond donors (Lipinski definition) is 2. The van der Waals surface area contributed by atoms with E-state index in [9.17, 15) is 4.79 Å². The van der Waals surface area contributed by atoms with Gasteiger partial charge >= 0.3 is 0 Å². The van der Waals surface area contributed by atoms with Crippen LogP contribution in [0, 0.1) is 5.92 Å². The van der Waals surface area contributed by atoms with E-state index in [4.69, 9.17) is 0 Å². The number of fused-ring (bicyclic) bond motifs is 1. The molecule has 104 valence electrons. The normalized spacial score (nSPS) is 31.9. The fraction of sp³-hybridized carbons (Fsp3) is 0.786. The van der Waals surface area contributed by atoms with E-state index in [1.165, 1.54) is 25.7 Å². The van der Waals surface area contributed by atoms with E-state index in [0.29, 0.717) is 6.04 Å². The summed E-state index contributed by atoms with van der Waals surface area (Å²) in [6, 6.07) is 0.828. The molecular weight excluding hydrogens is 248 g/mol. The number of hydrogen-bond acceptors (Lipinski definition) is 2. The lowest BCUT2D eigenvalue weighted by molar-refractivity contribution is -0.123. The third kappa shape index (κ3) is 3.72. The largest absolute Gasteiger partial charge is 0.352 e. The Balaban J connectivity index is 0.00000162. The first-order valence-corrected chi connectivity index (χ1v) is 6.88. The van der Waals surface area contributed by atoms with Gasteiger partial charge in [-0.15, -0.1) is 19.0 Å². The van der Waals surface area contributed by atoms with Gasteiger partial charge in [0.2, 0.25) is 5.91 Å². The number of halogens is 1. The lowest BCUT2D eigenvalue weighted by atomic mass is 9.85. The van der Waals surface area contributed by atoms with Crippen molar-refractivity contribution in [3.05, 3.63) is 12.7 Å². The molecule has 4 unspecified atom stereocenters. The Labute approximate surface area is 116 Å². The maximum Gasteiger partial charge on any atom is 0.237 e. The molecule has 0 aromatic carbocycles. The molecule has 2 aliphatic rings. The Hall–Kier alpha value is -0.540. The van der Waals surface area contributed by atoms with Crippen LogP contribution >= 0.6 is 12.4 Å². The van der Waals surface area contributed by atoms with E-state index in [0.717, 1.165) is 18.8 Å². The summed E-state index contributed by atoms with van der Waals surface area (Å²) in [4.78, 5) is 12.1. The fourth-order valence-electron chi connectivity index (χ4n) is 3.17. The minimum atomic E-state index is 0. The summed E-state index contributed by atoms with van der Waals surface area (Å²) in [5.41, 5.74) is 0. The van der Waals surface area contributed by atoms with Crippen molar-refractivity contribution in [2.24, 2.45) is 5.92 Å². The van der Waals surface area contributed by atoms with Crippen LogP contribution in [0.5, 0.6) is 0 Å². The Morgan fingerprint density at radius 3 is 2.89 bits per heavy atom. The van der Waals surface area contributed by atoms with Crippen LogP contribution in [-0.2, 0) is 4.79 Å². The molecule has 0 spiro atoms. The van der Waals surface area contributed by atoms with Crippen molar-refractivity contribution in [3.63, 3.8) is 0 Å². The highest BCUT2D eigenvalue weighted by Crippen LogP contribution is 2.33. The van der Waals surface area contributed by atoms with Gasteiger partial charge in [0.1, 0.15) is 0 Å². The molecule has 2 rings (SSSR count). The lowest BCUT2D eigenvalue weighted by Gasteiger charge is -2.24. The second-order valence-corrected chi connectivity index (χ2v) is 5.54.